The fourth-order valence-corrected chi connectivity index (χ4v) is 3.04. The first-order valence-electron chi connectivity index (χ1n) is 4.95. The monoisotopic (exact) mass is 238 g/mol. The van der Waals surface area contributed by atoms with Crippen molar-refractivity contribution in [1.29, 1.82) is 0 Å². The van der Waals surface area contributed by atoms with E-state index in [-0.39, 0.29) is 6.16 Å². The molecule has 0 aliphatic rings. The van der Waals surface area contributed by atoms with Gasteiger partial charge < -0.3 is 13.8 Å². The van der Waals surface area contributed by atoms with E-state index < -0.39 is 19.5 Å². The molecule has 0 aliphatic carbocycles. The van der Waals surface area contributed by atoms with Crippen LogP contribution in [0.4, 0.5) is 0 Å². The number of ether oxygens (including phenoxy) is 1. The molecule has 0 aromatic heterocycles. The summed E-state index contributed by atoms with van der Waals surface area (Å²) in [6.07, 6.45) is 0.0569. The third kappa shape index (κ3) is 5.30. The predicted molar refractivity (Wildman–Crippen MR) is 56.9 cm³/mol. The van der Waals surface area contributed by atoms with E-state index in [1.54, 1.807) is 20.8 Å². The van der Waals surface area contributed by atoms with Crippen LogP contribution in [-0.2, 0) is 23.1 Å². The summed E-state index contributed by atoms with van der Waals surface area (Å²) < 4.78 is 26.7. The van der Waals surface area contributed by atoms with Crippen LogP contribution < -0.4 is 0 Å². The minimum absolute atomic E-state index is 0.0569. The Morgan fingerprint density at radius 2 is 1.73 bits per heavy atom. The number of methoxy groups -OCH3 is 1. The van der Waals surface area contributed by atoms with Gasteiger partial charge in [0.25, 0.3) is 0 Å². The molecule has 1 unspecified atom stereocenters. The molecule has 1 atom stereocenters. The molecule has 0 aromatic carbocycles. The Balaban J connectivity index is 4.40. The summed E-state index contributed by atoms with van der Waals surface area (Å²) in [5, 5.41) is 0. The molecule has 0 spiro atoms. The summed E-state index contributed by atoms with van der Waals surface area (Å²) in [6, 6.07) is 0. The Bertz CT molecular complexity index is 231. The lowest BCUT2D eigenvalue weighted by Crippen LogP contribution is -2.18. The van der Waals surface area contributed by atoms with Gasteiger partial charge in [0.15, 0.2) is 0 Å². The van der Waals surface area contributed by atoms with Gasteiger partial charge in [0.1, 0.15) is 0 Å². The first kappa shape index (κ1) is 14.6. The van der Waals surface area contributed by atoms with Gasteiger partial charge >= 0.3 is 13.6 Å². The van der Waals surface area contributed by atoms with Gasteiger partial charge in [0.05, 0.1) is 32.4 Å². The molecule has 0 bridgehead atoms. The molecule has 0 radical (unpaired) electrons. The highest BCUT2D eigenvalue weighted by molar-refractivity contribution is 7.53. The number of carbonyl (C=O) groups is 1. The van der Waals surface area contributed by atoms with Crippen LogP contribution in [0.5, 0.6) is 0 Å². The van der Waals surface area contributed by atoms with E-state index in [4.69, 9.17) is 9.05 Å². The topological polar surface area (TPSA) is 61.8 Å². The second-order valence-electron chi connectivity index (χ2n) is 3.05. The molecule has 5 nitrogen and oxygen atoms in total. The largest absolute Gasteiger partial charge is 0.469 e. The zero-order chi connectivity index (χ0) is 11.9. The van der Waals surface area contributed by atoms with E-state index in [9.17, 15) is 9.36 Å². The summed E-state index contributed by atoms with van der Waals surface area (Å²) >= 11 is 0. The molecule has 90 valence electrons. The zero-order valence-corrected chi connectivity index (χ0v) is 10.6. The molecule has 0 amide bonds. The molecule has 0 aromatic rings. The van der Waals surface area contributed by atoms with Crippen LogP contribution in [0.15, 0.2) is 0 Å². The Kier molecular flexibility index (Phi) is 6.81. The fourth-order valence-electron chi connectivity index (χ4n) is 1.15. The van der Waals surface area contributed by atoms with Gasteiger partial charge in [0.2, 0.25) is 0 Å². The minimum Gasteiger partial charge on any atom is -0.469 e. The Morgan fingerprint density at radius 3 is 2.07 bits per heavy atom. The van der Waals surface area contributed by atoms with Crippen LogP contribution >= 0.6 is 7.60 Å². The number of esters is 1. The van der Waals surface area contributed by atoms with Crippen molar-refractivity contribution in [3.05, 3.63) is 0 Å². The van der Waals surface area contributed by atoms with E-state index in [0.717, 1.165) is 0 Å². The lowest BCUT2D eigenvalue weighted by molar-refractivity contribution is -0.144. The molecule has 0 fully saturated rings. The van der Waals surface area contributed by atoms with E-state index in [1.165, 1.54) is 7.11 Å². The Morgan fingerprint density at radius 1 is 1.27 bits per heavy atom. The normalized spacial score (nSPS) is 13.6. The lowest BCUT2D eigenvalue weighted by Gasteiger charge is -2.19. The van der Waals surface area contributed by atoms with Gasteiger partial charge in [-0.15, -0.1) is 0 Å². The summed E-state index contributed by atoms with van der Waals surface area (Å²) in [5.41, 5.74) is 0. The van der Waals surface area contributed by atoms with Gasteiger partial charge in [-0.1, -0.05) is 6.92 Å². The van der Waals surface area contributed by atoms with Gasteiger partial charge in [-0.25, -0.2) is 0 Å². The van der Waals surface area contributed by atoms with E-state index in [2.05, 4.69) is 4.74 Å². The summed E-state index contributed by atoms with van der Waals surface area (Å²) in [7, 11) is -1.85. The van der Waals surface area contributed by atoms with Crippen LogP contribution in [0.3, 0.4) is 0 Å². The minimum atomic E-state index is -3.14. The Hall–Kier alpha value is -0.380. The van der Waals surface area contributed by atoms with Crippen molar-refractivity contribution in [2.75, 3.05) is 26.5 Å². The van der Waals surface area contributed by atoms with Crippen LogP contribution in [0.2, 0.25) is 0 Å². The van der Waals surface area contributed by atoms with Crippen molar-refractivity contribution in [2.24, 2.45) is 5.92 Å². The third-order valence-corrected chi connectivity index (χ3v) is 4.05. The average molecular weight is 238 g/mol. The van der Waals surface area contributed by atoms with Crippen molar-refractivity contribution < 1.29 is 23.1 Å². The highest BCUT2D eigenvalue weighted by atomic mass is 31.2. The van der Waals surface area contributed by atoms with Crippen LogP contribution in [0.25, 0.3) is 0 Å². The molecular formula is C9H19O5P. The van der Waals surface area contributed by atoms with E-state index >= 15 is 0 Å². The van der Waals surface area contributed by atoms with Gasteiger partial charge in [0, 0.05) is 0 Å². The fraction of sp³-hybridized carbons (Fsp3) is 0.889. The van der Waals surface area contributed by atoms with E-state index in [1.807, 2.05) is 0 Å². The van der Waals surface area contributed by atoms with Crippen molar-refractivity contribution in [3.8, 4) is 0 Å². The molecule has 0 heterocycles. The second-order valence-corrected chi connectivity index (χ2v) is 5.16. The lowest BCUT2D eigenvalue weighted by atomic mass is 10.2. The van der Waals surface area contributed by atoms with Gasteiger partial charge in [-0.2, -0.15) is 0 Å². The molecule has 0 N–H and O–H groups in total. The maximum Gasteiger partial charge on any atom is 0.331 e. The first-order chi connectivity index (χ1) is 6.99. The second kappa shape index (κ2) is 6.99. The molecule has 0 saturated heterocycles. The quantitative estimate of drug-likeness (QED) is 0.502. The maximum absolute atomic E-state index is 12.0. The zero-order valence-electron chi connectivity index (χ0n) is 9.69. The van der Waals surface area contributed by atoms with E-state index in [0.29, 0.717) is 13.2 Å². The average Bonchev–Trinajstić information content (AvgIpc) is 2.16. The van der Waals surface area contributed by atoms with Crippen molar-refractivity contribution in [2.45, 2.75) is 20.8 Å². The first-order valence-corrected chi connectivity index (χ1v) is 6.67. The van der Waals surface area contributed by atoms with Crippen molar-refractivity contribution >= 4 is 13.6 Å². The van der Waals surface area contributed by atoms with Crippen LogP contribution in [-0.4, -0.2) is 32.5 Å². The Labute approximate surface area is 90.6 Å². The number of hydrogen-bond donors (Lipinski definition) is 0. The maximum atomic E-state index is 12.0. The highest BCUT2D eigenvalue weighted by Gasteiger charge is 2.30. The molecule has 0 saturated carbocycles. The number of hydrogen-bond acceptors (Lipinski definition) is 5. The van der Waals surface area contributed by atoms with Crippen LogP contribution in [0.1, 0.15) is 20.8 Å². The van der Waals surface area contributed by atoms with Crippen molar-refractivity contribution in [3.63, 3.8) is 0 Å². The van der Waals surface area contributed by atoms with Gasteiger partial charge in [-0.3, -0.25) is 9.36 Å². The van der Waals surface area contributed by atoms with Crippen molar-refractivity contribution in [1.82, 2.24) is 0 Å². The molecule has 0 rings (SSSR count). The smallest absolute Gasteiger partial charge is 0.331 e. The highest BCUT2D eigenvalue weighted by Crippen LogP contribution is 2.49. The molecule has 6 heteroatoms. The van der Waals surface area contributed by atoms with Gasteiger partial charge in [-0.05, 0) is 13.8 Å². The number of carbonyl (C=O) groups excluding carboxylic acids is 1. The standard InChI is InChI=1S/C9H19O5P/c1-5-13-15(11,14-6-2)7-8(3)9(10)12-4/h8H,5-7H2,1-4H3. The molecular weight excluding hydrogens is 219 g/mol. The van der Waals surface area contributed by atoms with Crippen LogP contribution in [0, 0.1) is 5.92 Å². The third-order valence-electron chi connectivity index (χ3n) is 1.75. The number of rotatable bonds is 7. The molecule has 0 aliphatic heterocycles. The predicted octanol–water partition coefficient (Wildman–Crippen LogP) is 2.06. The summed E-state index contributed by atoms with van der Waals surface area (Å²) in [6.45, 7) is 5.69. The summed E-state index contributed by atoms with van der Waals surface area (Å²) in [4.78, 5) is 11.1. The molecule has 15 heavy (non-hydrogen) atoms. The SMILES string of the molecule is CCOP(=O)(CC(C)C(=O)OC)OCC. The summed E-state index contributed by atoms with van der Waals surface area (Å²) in [5.74, 6) is -0.895.